The Labute approximate surface area is 232 Å². The summed E-state index contributed by atoms with van der Waals surface area (Å²) in [6.45, 7) is 1.87. The van der Waals surface area contributed by atoms with Crippen LogP contribution >= 0.6 is 23.2 Å². The van der Waals surface area contributed by atoms with Crippen molar-refractivity contribution in [2.24, 2.45) is 5.92 Å². The van der Waals surface area contributed by atoms with Crippen LogP contribution in [0.2, 0.25) is 10.0 Å². The molecule has 5 aliphatic rings. The van der Waals surface area contributed by atoms with Crippen LogP contribution in [-0.4, -0.2) is 70.2 Å². The van der Waals surface area contributed by atoms with E-state index in [4.69, 9.17) is 32.7 Å². The van der Waals surface area contributed by atoms with Crippen LogP contribution < -0.4 is 9.47 Å². The van der Waals surface area contributed by atoms with Gasteiger partial charge < -0.3 is 14.6 Å². The quantitative estimate of drug-likeness (QED) is 0.404. The topological polar surface area (TPSA) is 82.5 Å². The molecule has 1 saturated heterocycles. The van der Waals surface area contributed by atoms with Crippen molar-refractivity contribution >= 4 is 29.1 Å². The summed E-state index contributed by atoms with van der Waals surface area (Å²) in [6.07, 6.45) is 4.31. The number of piperidine rings is 1. The van der Waals surface area contributed by atoms with Crippen LogP contribution in [0.5, 0.6) is 11.5 Å². The van der Waals surface area contributed by atoms with Crippen LogP contribution in [0, 0.1) is 5.92 Å². The SMILES string of the molecule is COc1ccc2c3c1O[C@H]1[C@@H](N(O)C(=O)Cc4ccc(Cl)c(Cl)c4)CC[C@@]4(O)[C@@H](C2)N(CC2CC2)CC[C@]314. The smallest absolute Gasteiger partial charge is 0.250 e. The maximum atomic E-state index is 13.3. The highest BCUT2D eigenvalue weighted by atomic mass is 35.5. The zero-order valence-electron chi connectivity index (χ0n) is 21.3. The van der Waals surface area contributed by atoms with Crippen molar-refractivity contribution in [2.75, 3.05) is 20.2 Å². The Hall–Kier alpha value is -2.03. The van der Waals surface area contributed by atoms with E-state index < -0.39 is 29.1 Å². The van der Waals surface area contributed by atoms with Crippen LogP contribution in [0.3, 0.4) is 0 Å². The highest BCUT2D eigenvalue weighted by molar-refractivity contribution is 6.42. The van der Waals surface area contributed by atoms with E-state index in [9.17, 15) is 15.1 Å². The van der Waals surface area contributed by atoms with E-state index in [1.165, 1.54) is 18.4 Å². The van der Waals surface area contributed by atoms with Gasteiger partial charge >= 0.3 is 0 Å². The van der Waals surface area contributed by atoms with Crippen molar-refractivity contribution < 1.29 is 24.6 Å². The van der Waals surface area contributed by atoms with Gasteiger partial charge in [0.25, 0.3) is 5.91 Å². The number of hydroxylamine groups is 2. The Morgan fingerprint density at radius 2 is 2.00 bits per heavy atom. The summed E-state index contributed by atoms with van der Waals surface area (Å²) in [4.78, 5) is 15.8. The van der Waals surface area contributed by atoms with Gasteiger partial charge in [0.1, 0.15) is 6.10 Å². The number of likely N-dealkylation sites (tertiary alicyclic amines) is 1. The lowest BCUT2D eigenvalue weighted by Crippen LogP contribution is -2.78. The summed E-state index contributed by atoms with van der Waals surface area (Å²) in [7, 11) is 1.62. The first kappa shape index (κ1) is 25.0. The number of methoxy groups -OCH3 is 1. The van der Waals surface area contributed by atoms with Gasteiger partial charge in [-0.05, 0) is 80.3 Å². The molecule has 5 atom stereocenters. The molecule has 202 valence electrons. The first-order valence-corrected chi connectivity index (χ1v) is 14.3. The van der Waals surface area contributed by atoms with Crippen LogP contribution in [0.25, 0.3) is 0 Å². The number of rotatable bonds is 6. The molecule has 2 N–H and O–H groups in total. The first-order chi connectivity index (χ1) is 18.3. The maximum absolute atomic E-state index is 13.3. The average Bonchev–Trinajstić information content (AvgIpc) is 3.64. The molecule has 7 nitrogen and oxygen atoms in total. The number of nitrogens with zero attached hydrogens (tertiary/aromatic N) is 2. The molecule has 3 fully saturated rings. The number of hydrogen-bond donors (Lipinski definition) is 2. The molecule has 1 amide bonds. The minimum atomic E-state index is -1.01. The third-order valence-corrected chi connectivity index (χ3v) is 10.6. The largest absolute Gasteiger partial charge is 0.493 e. The highest BCUT2D eigenvalue weighted by Gasteiger charge is 2.73. The van der Waals surface area contributed by atoms with E-state index in [1.807, 2.05) is 6.07 Å². The lowest BCUT2D eigenvalue weighted by molar-refractivity contribution is -0.232. The Kier molecular flexibility index (Phi) is 5.74. The molecule has 0 unspecified atom stereocenters. The van der Waals surface area contributed by atoms with Crippen molar-refractivity contribution in [3.63, 3.8) is 0 Å². The summed E-state index contributed by atoms with van der Waals surface area (Å²) in [5.74, 6) is 1.55. The molecule has 0 radical (unpaired) electrons. The third kappa shape index (κ3) is 3.42. The number of amides is 1. The van der Waals surface area contributed by atoms with E-state index in [0.717, 1.165) is 36.1 Å². The second-order valence-corrected chi connectivity index (χ2v) is 12.6. The van der Waals surface area contributed by atoms with Crippen molar-refractivity contribution in [2.45, 2.75) is 74.1 Å². The second-order valence-electron chi connectivity index (χ2n) is 11.7. The minimum absolute atomic E-state index is 0.0187. The van der Waals surface area contributed by atoms with Crippen LogP contribution in [0.1, 0.15) is 48.8 Å². The lowest BCUT2D eigenvalue weighted by atomic mass is 9.48. The molecule has 3 aliphatic carbocycles. The van der Waals surface area contributed by atoms with Gasteiger partial charge in [0.05, 0.1) is 40.6 Å². The summed E-state index contributed by atoms with van der Waals surface area (Å²) in [6, 6.07) is 8.45. The summed E-state index contributed by atoms with van der Waals surface area (Å²) in [5.41, 5.74) is 1.12. The van der Waals surface area contributed by atoms with Gasteiger partial charge in [-0.15, -0.1) is 0 Å². The van der Waals surface area contributed by atoms with E-state index >= 15 is 0 Å². The van der Waals surface area contributed by atoms with Gasteiger partial charge in [-0.25, -0.2) is 5.06 Å². The Morgan fingerprint density at radius 3 is 2.74 bits per heavy atom. The number of ether oxygens (including phenoxy) is 2. The van der Waals surface area contributed by atoms with E-state index in [-0.39, 0.29) is 12.5 Å². The molecule has 2 saturated carbocycles. The summed E-state index contributed by atoms with van der Waals surface area (Å²) in [5, 5.41) is 25.6. The molecular formula is C29H32Cl2N2O5. The summed E-state index contributed by atoms with van der Waals surface area (Å²) < 4.78 is 12.4. The van der Waals surface area contributed by atoms with Crippen LogP contribution in [0.15, 0.2) is 30.3 Å². The van der Waals surface area contributed by atoms with E-state index in [1.54, 1.807) is 25.3 Å². The molecule has 2 bridgehead atoms. The molecule has 2 aromatic rings. The van der Waals surface area contributed by atoms with Crippen LogP contribution in [-0.2, 0) is 23.1 Å². The molecule has 2 aromatic carbocycles. The van der Waals surface area contributed by atoms with Gasteiger partial charge in [0.2, 0.25) is 0 Å². The first-order valence-electron chi connectivity index (χ1n) is 13.5. The minimum Gasteiger partial charge on any atom is -0.493 e. The fourth-order valence-electron chi connectivity index (χ4n) is 7.95. The van der Waals surface area contributed by atoms with Crippen molar-refractivity contribution in [3.05, 3.63) is 57.1 Å². The second kappa shape index (κ2) is 8.73. The predicted molar refractivity (Wildman–Crippen MR) is 142 cm³/mol. The molecule has 0 aromatic heterocycles. The fraction of sp³-hybridized carbons (Fsp3) is 0.552. The lowest BCUT2D eigenvalue weighted by Gasteiger charge is -2.64. The molecule has 38 heavy (non-hydrogen) atoms. The zero-order chi connectivity index (χ0) is 26.4. The van der Waals surface area contributed by atoms with E-state index in [2.05, 4.69) is 11.0 Å². The van der Waals surface area contributed by atoms with E-state index in [0.29, 0.717) is 46.4 Å². The number of carbonyl (C=O) groups excluding carboxylic acids is 1. The van der Waals surface area contributed by atoms with Gasteiger partial charge in [-0.2, -0.15) is 0 Å². The fourth-order valence-corrected chi connectivity index (χ4v) is 8.27. The predicted octanol–water partition coefficient (Wildman–Crippen LogP) is 4.40. The number of aliphatic hydroxyl groups is 1. The Bertz CT molecular complexity index is 1320. The number of carbonyl (C=O) groups is 1. The molecule has 9 heteroatoms. The number of halogens is 2. The monoisotopic (exact) mass is 558 g/mol. The molecule has 2 heterocycles. The van der Waals surface area contributed by atoms with Crippen molar-refractivity contribution in [1.82, 2.24) is 9.96 Å². The van der Waals surface area contributed by atoms with Crippen LogP contribution in [0.4, 0.5) is 0 Å². The van der Waals surface area contributed by atoms with Gasteiger partial charge in [-0.3, -0.25) is 14.9 Å². The zero-order valence-corrected chi connectivity index (χ0v) is 22.8. The highest BCUT2D eigenvalue weighted by Crippen LogP contribution is 2.66. The Morgan fingerprint density at radius 1 is 1.18 bits per heavy atom. The molecule has 2 aliphatic heterocycles. The average molecular weight is 559 g/mol. The van der Waals surface area contributed by atoms with Gasteiger partial charge in [0.15, 0.2) is 11.5 Å². The molecule has 1 spiro atoms. The Balaban J connectivity index is 1.26. The molecule has 7 rings (SSSR count). The normalized spacial score (nSPS) is 32.9. The summed E-state index contributed by atoms with van der Waals surface area (Å²) >= 11 is 12.2. The third-order valence-electron chi connectivity index (χ3n) is 9.84. The van der Waals surface area contributed by atoms with Gasteiger partial charge in [-0.1, -0.05) is 35.3 Å². The van der Waals surface area contributed by atoms with Crippen molar-refractivity contribution in [1.29, 1.82) is 0 Å². The molecular weight excluding hydrogens is 527 g/mol. The van der Waals surface area contributed by atoms with Crippen molar-refractivity contribution in [3.8, 4) is 11.5 Å². The number of hydrogen-bond acceptors (Lipinski definition) is 6. The standard InChI is InChI=1S/C29H32Cl2N2O5/c1-37-22-7-5-18-14-23-29(35)9-8-21(33(36)24(34)13-17-4-6-19(30)20(31)12-17)27-28(29,25(18)26(22)38-27)10-11-32(23)15-16-2-3-16/h4-7,12,16,21,23,27,35-36H,2-3,8-11,13-15H2,1H3/t21-,23+,27-,28-,29+/m0/s1. The number of benzene rings is 2. The maximum Gasteiger partial charge on any atom is 0.250 e. The van der Waals surface area contributed by atoms with Gasteiger partial charge in [0, 0.05) is 18.2 Å².